The Bertz CT molecular complexity index is 600. The molecule has 2 aliphatic rings. The lowest BCUT2D eigenvalue weighted by Gasteiger charge is -2.28. The van der Waals surface area contributed by atoms with E-state index in [2.05, 4.69) is 40.8 Å². The molecule has 0 bridgehead atoms. The number of nitrogens with zero attached hydrogens (tertiary/aromatic N) is 1. The highest BCUT2D eigenvalue weighted by Gasteiger charge is 2.30. The first-order valence-electron chi connectivity index (χ1n) is 8.85. The number of sulfonamides is 1. The van der Waals surface area contributed by atoms with Crippen molar-refractivity contribution in [3.05, 3.63) is 35.4 Å². The maximum Gasteiger partial charge on any atom is 0.214 e. The van der Waals surface area contributed by atoms with Gasteiger partial charge in [0.1, 0.15) is 0 Å². The molecule has 1 aliphatic heterocycles. The zero-order chi connectivity index (χ0) is 16.3. The molecule has 2 fully saturated rings. The number of likely N-dealkylation sites (tertiary alicyclic amines) is 1. The molecular weight excluding hydrogens is 308 g/mol. The lowest BCUT2D eigenvalue weighted by atomic mass is 10.0. The molecule has 23 heavy (non-hydrogen) atoms. The van der Waals surface area contributed by atoms with E-state index in [1.807, 2.05) is 0 Å². The van der Waals surface area contributed by atoms with Crippen LogP contribution >= 0.6 is 0 Å². The Morgan fingerprint density at radius 1 is 1.09 bits per heavy atom. The molecular formula is C18H28N2O2S. The van der Waals surface area contributed by atoms with Crippen molar-refractivity contribution in [2.45, 2.75) is 56.7 Å². The predicted octanol–water partition coefficient (Wildman–Crippen LogP) is 2.99. The van der Waals surface area contributed by atoms with Gasteiger partial charge in [-0.25, -0.2) is 13.1 Å². The van der Waals surface area contributed by atoms with Crippen LogP contribution in [0.3, 0.4) is 0 Å². The Morgan fingerprint density at radius 3 is 2.30 bits per heavy atom. The van der Waals surface area contributed by atoms with Crippen LogP contribution in [-0.2, 0) is 10.0 Å². The SMILES string of the molecule is Cc1ccc(C(CNS(=O)(=O)C2CCCC2)N2CCCC2)cc1. The molecule has 0 radical (unpaired) electrons. The summed E-state index contributed by atoms with van der Waals surface area (Å²) in [5.74, 6) is 0. The summed E-state index contributed by atoms with van der Waals surface area (Å²) in [6, 6.07) is 8.66. The zero-order valence-corrected chi connectivity index (χ0v) is 14.8. The summed E-state index contributed by atoms with van der Waals surface area (Å²) in [7, 11) is -3.18. The second-order valence-electron chi connectivity index (χ2n) is 6.97. The molecule has 0 spiro atoms. The van der Waals surface area contributed by atoms with Crippen molar-refractivity contribution in [3.8, 4) is 0 Å². The predicted molar refractivity (Wildman–Crippen MR) is 93.9 cm³/mol. The third-order valence-electron chi connectivity index (χ3n) is 5.26. The Balaban J connectivity index is 1.72. The first-order valence-corrected chi connectivity index (χ1v) is 10.4. The summed E-state index contributed by atoms with van der Waals surface area (Å²) >= 11 is 0. The first-order chi connectivity index (χ1) is 11.1. The summed E-state index contributed by atoms with van der Waals surface area (Å²) in [4.78, 5) is 2.42. The van der Waals surface area contributed by atoms with Gasteiger partial charge in [0, 0.05) is 12.6 Å². The lowest BCUT2D eigenvalue weighted by Crippen LogP contribution is -2.40. The highest BCUT2D eigenvalue weighted by Crippen LogP contribution is 2.27. The van der Waals surface area contributed by atoms with Crippen LogP contribution < -0.4 is 4.72 Å². The molecule has 128 valence electrons. The fraction of sp³-hybridized carbons (Fsp3) is 0.667. The second kappa shape index (κ2) is 7.32. The van der Waals surface area contributed by atoms with Crippen LogP contribution in [0.5, 0.6) is 0 Å². The van der Waals surface area contributed by atoms with Gasteiger partial charge < -0.3 is 0 Å². The van der Waals surface area contributed by atoms with E-state index in [1.165, 1.54) is 24.0 Å². The molecule has 1 saturated carbocycles. The molecule has 1 aromatic rings. The molecule has 1 heterocycles. The minimum atomic E-state index is -3.18. The van der Waals surface area contributed by atoms with Gasteiger partial charge in [-0.05, 0) is 51.3 Å². The molecule has 3 rings (SSSR count). The third kappa shape index (κ3) is 4.14. The molecule has 1 saturated heterocycles. The van der Waals surface area contributed by atoms with Crippen LogP contribution in [0.15, 0.2) is 24.3 Å². The van der Waals surface area contributed by atoms with Crippen molar-refractivity contribution in [2.24, 2.45) is 0 Å². The molecule has 0 aromatic heterocycles. The monoisotopic (exact) mass is 336 g/mol. The van der Waals surface area contributed by atoms with Crippen molar-refractivity contribution < 1.29 is 8.42 Å². The highest BCUT2D eigenvalue weighted by atomic mass is 32.2. The van der Waals surface area contributed by atoms with Crippen LogP contribution in [-0.4, -0.2) is 38.2 Å². The summed E-state index contributed by atoms with van der Waals surface area (Å²) < 4.78 is 27.9. The van der Waals surface area contributed by atoms with E-state index in [0.29, 0.717) is 6.54 Å². The lowest BCUT2D eigenvalue weighted by molar-refractivity contribution is 0.246. The van der Waals surface area contributed by atoms with Gasteiger partial charge in [-0.15, -0.1) is 0 Å². The molecule has 1 aliphatic carbocycles. The third-order valence-corrected chi connectivity index (χ3v) is 7.18. The van der Waals surface area contributed by atoms with Crippen molar-refractivity contribution in [1.29, 1.82) is 0 Å². The first kappa shape index (κ1) is 16.9. The molecule has 1 aromatic carbocycles. The van der Waals surface area contributed by atoms with Gasteiger partial charge >= 0.3 is 0 Å². The average molecular weight is 337 g/mol. The average Bonchev–Trinajstić information content (AvgIpc) is 3.23. The van der Waals surface area contributed by atoms with Crippen LogP contribution in [0, 0.1) is 6.92 Å². The Morgan fingerprint density at radius 2 is 1.70 bits per heavy atom. The Labute approximate surface area is 140 Å². The zero-order valence-electron chi connectivity index (χ0n) is 14.0. The summed E-state index contributed by atoms with van der Waals surface area (Å²) in [6.07, 6.45) is 6.12. The summed E-state index contributed by atoms with van der Waals surface area (Å²) in [5, 5.41) is -0.181. The van der Waals surface area contributed by atoms with Crippen molar-refractivity contribution in [3.63, 3.8) is 0 Å². The fourth-order valence-electron chi connectivity index (χ4n) is 3.81. The number of hydrogen-bond donors (Lipinski definition) is 1. The number of benzene rings is 1. The molecule has 1 unspecified atom stereocenters. The van der Waals surface area contributed by atoms with Gasteiger partial charge in [0.05, 0.1) is 5.25 Å². The number of hydrogen-bond acceptors (Lipinski definition) is 3. The number of aryl methyl sites for hydroxylation is 1. The molecule has 5 heteroatoms. The Hall–Kier alpha value is -0.910. The van der Waals surface area contributed by atoms with E-state index in [0.717, 1.165) is 38.8 Å². The van der Waals surface area contributed by atoms with E-state index < -0.39 is 10.0 Å². The van der Waals surface area contributed by atoms with Gasteiger partial charge in [-0.1, -0.05) is 42.7 Å². The molecule has 0 amide bonds. The normalized spacial score (nSPS) is 21.8. The largest absolute Gasteiger partial charge is 0.295 e. The second-order valence-corrected chi connectivity index (χ2v) is 9.01. The molecule has 1 N–H and O–H groups in total. The van der Waals surface area contributed by atoms with E-state index >= 15 is 0 Å². The van der Waals surface area contributed by atoms with Gasteiger partial charge in [0.15, 0.2) is 0 Å². The van der Waals surface area contributed by atoms with E-state index in [4.69, 9.17) is 0 Å². The summed E-state index contributed by atoms with van der Waals surface area (Å²) in [5.41, 5.74) is 2.45. The summed E-state index contributed by atoms with van der Waals surface area (Å²) in [6.45, 7) is 4.69. The van der Waals surface area contributed by atoms with Crippen molar-refractivity contribution in [2.75, 3.05) is 19.6 Å². The Kier molecular flexibility index (Phi) is 5.39. The van der Waals surface area contributed by atoms with Crippen LogP contribution in [0.1, 0.15) is 55.7 Å². The van der Waals surface area contributed by atoms with E-state index in [-0.39, 0.29) is 11.3 Å². The van der Waals surface area contributed by atoms with E-state index in [1.54, 1.807) is 0 Å². The van der Waals surface area contributed by atoms with Crippen LogP contribution in [0.25, 0.3) is 0 Å². The minimum absolute atomic E-state index is 0.147. The maximum atomic E-state index is 12.5. The topological polar surface area (TPSA) is 49.4 Å². The smallest absolute Gasteiger partial charge is 0.214 e. The van der Waals surface area contributed by atoms with E-state index in [9.17, 15) is 8.42 Å². The van der Waals surface area contributed by atoms with Gasteiger partial charge in [0.25, 0.3) is 0 Å². The molecule has 1 atom stereocenters. The highest BCUT2D eigenvalue weighted by molar-refractivity contribution is 7.90. The van der Waals surface area contributed by atoms with Gasteiger partial charge in [-0.2, -0.15) is 0 Å². The van der Waals surface area contributed by atoms with Crippen molar-refractivity contribution >= 4 is 10.0 Å². The maximum absolute atomic E-state index is 12.5. The molecule has 4 nitrogen and oxygen atoms in total. The standard InChI is InChI=1S/C18H28N2O2S/c1-15-8-10-16(11-9-15)18(20-12-4-5-13-20)14-19-23(21,22)17-6-2-3-7-17/h8-11,17-19H,2-7,12-14H2,1H3. The fourth-order valence-corrected chi connectivity index (χ4v) is 5.39. The van der Waals surface area contributed by atoms with Gasteiger partial charge in [0.2, 0.25) is 10.0 Å². The minimum Gasteiger partial charge on any atom is -0.295 e. The van der Waals surface area contributed by atoms with Crippen LogP contribution in [0.2, 0.25) is 0 Å². The number of nitrogens with one attached hydrogen (secondary N) is 1. The van der Waals surface area contributed by atoms with Gasteiger partial charge in [-0.3, -0.25) is 4.90 Å². The number of rotatable bonds is 6. The quantitative estimate of drug-likeness (QED) is 0.869. The van der Waals surface area contributed by atoms with Crippen LogP contribution in [0.4, 0.5) is 0 Å². The van der Waals surface area contributed by atoms with Crippen molar-refractivity contribution in [1.82, 2.24) is 9.62 Å².